The van der Waals surface area contributed by atoms with Gasteiger partial charge < -0.3 is 14.1 Å². The summed E-state index contributed by atoms with van der Waals surface area (Å²) in [6.45, 7) is 1.25. The maximum absolute atomic E-state index is 12.0. The molecular formula is C13H13N3O3S. The molecule has 7 heteroatoms. The summed E-state index contributed by atoms with van der Waals surface area (Å²) >= 11 is 1.11. The molecule has 2 aromatic rings. The third-order valence-electron chi connectivity index (χ3n) is 3.02. The van der Waals surface area contributed by atoms with E-state index >= 15 is 0 Å². The van der Waals surface area contributed by atoms with E-state index in [0.29, 0.717) is 24.7 Å². The van der Waals surface area contributed by atoms with E-state index in [1.807, 2.05) is 0 Å². The van der Waals surface area contributed by atoms with E-state index in [1.54, 1.807) is 35.6 Å². The zero-order valence-corrected chi connectivity index (χ0v) is 11.5. The molecule has 0 saturated carbocycles. The third kappa shape index (κ3) is 3.05. The summed E-state index contributed by atoms with van der Waals surface area (Å²) in [4.78, 5) is 13.8. The molecule has 1 atom stereocenters. The minimum Gasteiger partial charge on any atom is -0.471 e. The summed E-state index contributed by atoms with van der Waals surface area (Å²) in [7, 11) is 0. The van der Waals surface area contributed by atoms with Crippen LogP contribution in [0.15, 0.2) is 35.1 Å². The molecule has 0 bridgehead atoms. The summed E-state index contributed by atoms with van der Waals surface area (Å²) < 4.78 is 18.7. The molecule has 1 amide bonds. The van der Waals surface area contributed by atoms with Gasteiger partial charge in [0.2, 0.25) is 11.8 Å². The Morgan fingerprint density at radius 2 is 2.55 bits per heavy atom. The average Bonchev–Trinajstić information content (AvgIpc) is 3.19. The molecule has 1 unspecified atom stereocenters. The predicted octanol–water partition coefficient (Wildman–Crippen LogP) is 1.82. The highest BCUT2D eigenvalue weighted by atomic mass is 32.1. The minimum absolute atomic E-state index is 0.0140. The van der Waals surface area contributed by atoms with E-state index in [0.717, 1.165) is 18.1 Å². The molecule has 1 fully saturated rings. The number of rotatable bonds is 4. The van der Waals surface area contributed by atoms with Gasteiger partial charge in [-0.1, -0.05) is 0 Å². The Hall–Kier alpha value is -2.15. The number of hydrogen-bond donors (Lipinski definition) is 0. The van der Waals surface area contributed by atoms with Crippen molar-refractivity contribution in [2.24, 2.45) is 0 Å². The average molecular weight is 291 g/mol. The standard InChI is InChI=1S/C13H13N3O3S/c17-13(4-3-10-2-1-7-18-10)16-6-5-11(9-16)19-12-8-14-20-15-12/h1-4,7-8,11H,5-6,9H2. The highest BCUT2D eigenvalue weighted by Crippen LogP contribution is 2.17. The van der Waals surface area contributed by atoms with Crippen molar-refractivity contribution in [2.75, 3.05) is 13.1 Å². The lowest BCUT2D eigenvalue weighted by atomic mass is 10.3. The van der Waals surface area contributed by atoms with E-state index in [2.05, 4.69) is 8.75 Å². The summed E-state index contributed by atoms with van der Waals surface area (Å²) in [5.74, 6) is 1.16. The van der Waals surface area contributed by atoms with Gasteiger partial charge in [-0.15, -0.1) is 4.37 Å². The Balaban J connectivity index is 1.53. The van der Waals surface area contributed by atoms with Crippen molar-refractivity contribution in [1.82, 2.24) is 13.6 Å². The number of furan rings is 1. The minimum atomic E-state index is -0.0381. The number of nitrogens with zero attached hydrogens (tertiary/aromatic N) is 3. The van der Waals surface area contributed by atoms with E-state index in [4.69, 9.17) is 9.15 Å². The van der Waals surface area contributed by atoms with Crippen molar-refractivity contribution in [3.8, 4) is 5.88 Å². The molecule has 1 aliphatic heterocycles. The number of carbonyl (C=O) groups is 1. The summed E-state index contributed by atoms with van der Waals surface area (Å²) in [6, 6.07) is 3.58. The first-order chi connectivity index (χ1) is 9.81. The van der Waals surface area contributed by atoms with E-state index in [1.165, 1.54) is 6.08 Å². The van der Waals surface area contributed by atoms with Gasteiger partial charge in [-0.05, 0) is 18.2 Å². The predicted molar refractivity (Wildman–Crippen MR) is 73.3 cm³/mol. The number of ether oxygens (including phenoxy) is 1. The molecule has 0 N–H and O–H groups in total. The van der Waals surface area contributed by atoms with Gasteiger partial charge in [0.1, 0.15) is 18.1 Å². The van der Waals surface area contributed by atoms with Crippen LogP contribution in [-0.2, 0) is 4.79 Å². The van der Waals surface area contributed by atoms with Crippen molar-refractivity contribution in [3.63, 3.8) is 0 Å². The second kappa shape index (κ2) is 5.87. The molecule has 0 spiro atoms. The van der Waals surface area contributed by atoms with Crippen LogP contribution in [-0.4, -0.2) is 38.7 Å². The fraction of sp³-hybridized carbons (Fsp3) is 0.308. The maximum atomic E-state index is 12.0. The van der Waals surface area contributed by atoms with Crippen LogP contribution in [0.2, 0.25) is 0 Å². The molecule has 3 rings (SSSR count). The normalized spacial score (nSPS) is 18.8. The van der Waals surface area contributed by atoms with Gasteiger partial charge in [0, 0.05) is 19.0 Å². The zero-order valence-electron chi connectivity index (χ0n) is 10.6. The molecule has 0 aromatic carbocycles. The fourth-order valence-corrected chi connectivity index (χ4v) is 2.40. The van der Waals surface area contributed by atoms with Crippen molar-refractivity contribution in [1.29, 1.82) is 0 Å². The second-order valence-corrected chi connectivity index (χ2v) is 4.96. The first kappa shape index (κ1) is 12.9. The number of amides is 1. The molecule has 6 nitrogen and oxygen atoms in total. The summed E-state index contributed by atoms with van der Waals surface area (Å²) in [6.07, 6.45) is 7.14. The quantitative estimate of drug-likeness (QED) is 0.804. The molecule has 3 heterocycles. The first-order valence-electron chi connectivity index (χ1n) is 6.26. The van der Waals surface area contributed by atoms with Gasteiger partial charge in [-0.3, -0.25) is 4.79 Å². The lowest BCUT2D eigenvalue weighted by Crippen LogP contribution is -2.29. The Morgan fingerprint density at radius 3 is 3.30 bits per heavy atom. The molecular weight excluding hydrogens is 278 g/mol. The third-order valence-corrected chi connectivity index (χ3v) is 3.48. The van der Waals surface area contributed by atoms with Crippen molar-refractivity contribution in [3.05, 3.63) is 36.4 Å². The van der Waals surface area contributed by atoms with Crippen LogP contribution >= 0.6 is 11.7 Å². The lowest BCUT2D eigenvalue weighted by Gasteiger charge is -2.14. The van der Waals surface area contributed by atoms with Crippen LogP contribution in [0.1, 0.15) is 12.2 Å². The Bertz CT molecular complexity index is 580. The molecule has 2 aromatic heterocycles. The van der Waals surface area contributed by atoms with Crippen molar-refractivity contribution in [2.45, 2.75) is 12.5 Å². The van der Waals surface area contributed by atoms with Crippen LogP contribution in [0, 0.1) is 0 Å². The molecule has 20 heavy (non-hydrogen) atoms. The topological polar surface area (TPSA) is 68.5 Å². The van der Waals surface area contributed by atoms with E-state index in [-0.39, 0.29) is 12.0 Å². The second-order valence-electron chi connectivity index (χ2n) is 4.41. The Kier molecular flexibility index (Phi) is 3.78. The number of carbonyl (C=O) groups excluding carboxylic acids is 1. The van der Waals surface area contributed by atoms with Gasteiger partial charge >= 0.3 is 0 Å². The first-order valence-corrected chi connectivity index (χ1v) is 6.99. The number of likely N-dealkylation sites (tertiary alicyclic amines) is 1. The van der Waals surface area contributed by atoms with Crippen molar-refractivity contribution >= 4 is 23.7 Å². The van der Waals surface area contributed by atoms with E-state index in [9.17, 15) is 4.79 Å². The maximum Gasteiger partial charge on any atom is 0.246 e. The SMILES string of the molecule is O=C(C=Cc1ccco1)N1CCC(Oc2cnsn2)C1. The Morgan fingerprint density at radius 1 is 1.60 bits per heavy atom. The fourth-order valence-electron chi connectivity index (χ4n) is 2.05. The van der Waals surface area contributed by atoms with E-state index < -0.39 is 0 Å². The largest absolute Gasteiger partial charge is 0.471 e. The van der Waals surface area contributed by atoms with Crippen LogP contribution < -0.4 is 4.74 Å². The van der Waals surface area contributed by atoms with Gasteiger partial charge in [0.05, 0.1) is 24.5 Å². The van der Waals surface area contributed by atoms with Gasteiger partial charge in [-0.25, -0.2) is 0 Å². The Labute approximate surface area is 120 Å². The molecule has 0 radical (unpaired) electrons. The van der Waals surface area contributed by atoms with Crippen LogP contribution in [0.3, 0.4) is 0 Å². The molecule has 0 aliphatic carbocycles. The summed E-state index contributed by atoms with van der Waals surface area (Å²) in [5, 5.41) is 0. The lowest BCUT2D eigenvalue weighted by molar-refractivity contribution is -0.125. The molecule has 1 saturated heterocycles. The number of aromatic nitrogens is 2. The highest BCUT2D eigenvalue weighted by Gasteiger charge is 2.26. The van der Waals surface area contributed by atoms with Gasteiger partial charge in [0.15, 0.2) is 0 Å². The molecule has 1 aliphatic rings. The smallest absolute Gasteiger partial charge is 0.246 e. The van der Waals surface area contributed by atoms with Crippen LogP contribution in [0.5, 0.6) is 5.88 Å². The monoisotopic (exact) mass is 291 g/mol. The van der Waals surface area contributed by atoms with Gasteiger partial charge in [-0.2, -0.15) is 4.37 Å². The molecule has 104 valence electrons. The van der Waals surface area contributed by atoms with Crippen molar-refractivity contribution < 1.29 is 13.9 Å². The summed E-state index contributed by atoms with van der Waals surface area (Å²) in [5.41, 5.74) is 0. The number of hydrogen-bond acceptors (Lipinski definition) is 6. The highest BCUT2D eigenvalue weighted by molar-refractivity contribution is 6.99. The zero-order chi connectivity index (χ0) is 13.8. The van der Waals surface area contributed by atoms with Crippen LogP contribution in [0.25, 0.3) is 6.08 Å². The van der Waals surface area contributed by atoms with Crippen LogP contribution in [0.4, 0.5) is 0 Å². The van der Waals surface area contributed by atoms with Gasteiger partial charge in [0.25, 0.3) is 0 Å².